The number of aryl methyl sites for hydroxylation is 2. The van der Waals surface area contributed by atoms with Gasteiger partial charge in [-0.2, -0.15) is 0 Å². The molecular weight excluding hydrogens is 370 g/mol. The highest BCUT2D eigenvalue weighted by Crippen LogP contribution is 2.25. The first-order valence-electron chi connectivity index (χ1n) is 9.76. The minimum absolute atomic E-state index is 0.266. The van der Waals surface area contributed by atoms with Crippen LogP contribution in [0.25, 0.3) is 0 Å². The number of rotatable bonds is 5. The van der Waals surface area contributed by atoms with Gasteiger partial charge in [0.15, 0.2) is 12.4 Å². The SMILES string of the molecule is C[C@H](C(=O)OCC(=O)c1ccc2c(c1)CCCC2)N1C(=O)c2ccccc2C1=O. The van der Waals surface area contributed by atoms with Crippen molar-refractivity contribution in [2.24, 2.45) is 0 Å². The second-order valence-electron chi connectivity index (χ2n) is 7.42. The molecule has 1 aliphatic carbocycles. The summed E-state index contributed by atoms with van der Waals surface area (Å²) in [7, 11) is 0. The third-order valence-corrected chi connectivity index (χ3v) is 5.57. The van der Waals surface area contributed by atoms with Gasteiger partial charge in [-0.05, 0) is 61.9 Å². The van der Waals surface area contributed by atoms with E-state index in [0.29, 0.717) is 5.56 Å². The minimum Gasteiger partial charge on any atom is -0.456 e. The molecule has 2 aromatic rings. The maximum atomic E-state index is 12.5. The van der Waals surface area contributed by atoms with E-state index in [2.05, 4.69) is 0 Å². The van der Waals surface area contributed by atoms with Crippen LogP contribution in [0.1, 0.15) is 62.0 Å². The maximum absolute atomic E-state index is 12.5. The van der Waals surface area contributed by atoms with Crippen molar-refractivity contribution in [1.29, 1.82) is 0 Å². The summed E-state index contributed by atoms with van der Waals surface area (Å²) in [5.74, 6) is -2.15. The molecule has 0 saturated carbocycles. The molecule has 4 rings (SSSR count). The Morgan fingerprint density at radius 2 is 1.59 bits per heavy atom. The Morgan fingerprint density at radius 3 is 2.24 bits per heavy atom. The fourth-order valence-corrected chi connectivity index (χ4v) is 3.91. The lowest BCUT2D eigenvalue weighted by molar-refractivity contribution is -0.146. The summed E-state index contributed by atoms with van der Waals surface area (Å²) >= 11 is 0. The first-order valence-corrected chi connectivity index (χ1v) is 9.76. The maximum Gasteiger partial charge on any atom is 0.329 e. The van der Waals surface area contributed by atoms with Gasteiger partial charge in [0.05, 0.1) is 11.1 Å². The normalized spacial score (nSPS) is 16.2. The summed E-state index contributed by atoms with van der Waals surface area (Å²) in [6.45, 7) is 0.999. The topological polar surface area (TPSA) is 80.8 Å². The van der Waals surface area contributed by atoms with Gasteiger partial charge in [0, 0.05) is 5.56 Å². The largest absolute Gasteiger partial charge is 0.456 e. The Hall–Kier alpha value is -3.28. The zero-order valence-electron chi connectivity index (χ0n) is 16.1. The van der Waals surface area contributed by atoms with E-state index in [1.807, 2.05) is 12.1 Å². The molecule has 2 aliphatic rings. The van der Waals surface area contributed by atoms with E-state index in [4.69, 9.17) is 4.74 Å². The van der Waals surface area contributed by atoms with Gasteiger partial charge in [0.25, 0.3) is 11.8 Å². The van der Waals surface area contributed by atoms with Gasteiger partial charge >= 0.3 is 5.97 Å². The molecule has 0 spiro atoms. The molecule has 0 unspecified atom stereocenters. The molecule has 29 heavy (non-hydrogen) atoms. The van der Waals surface area contributed by atoms with Crippen molar-refractivity contribution < 1.29 is 23.9 Å². The molecule has 1 aliphatic heterocycles. The zero-order valence-corrected chi connectivity index (χ0v) is 16.1. The molecule has 6 heteroatoms. The number of imide groups is 1. The van der Waals surface area contributed by atoms with Gasteiger partial charge in [0.2, 0.25) is 0 Å². The number of esters is 1. The predicted octanol–water partition coefficient (Wildman–Crippen LogP) is 2.98. The van der Waals surface area contributed by atoms with Crippen LogP contribution in [-0.4, -0.2) is 41.1 Å². The van der Waals surface area contributed by atoms with Crippen LogP contribution in [-0.2, 0) is 22.4 Å². The van der Waals surface area contributed by atoms with Crippen LogP contribution in [0.5, 0.6) is 0 Å². The van der Waals surface area contributed by atoms with Gasteiger partial charge in [-0.15, -0.1) is 0 Å². The van der Waals surface area contributed by atoms with Gasteiger partial charge in [0.1, 0.15) is 6.04 Å². The highest BCUT2D eigenvalue weighted by atomic mass is 16.5. The number of carbonyl (C=O) groups excluding carboxylic acids is 4. The zero-order chi connectivity index (χ0) is 20.5. The van der Waals surface area contributed by atoms with Crippen LogP contribution >= 0.6 is 0 Å². The number of carbonyl (C=O) groups is 4. The lowest BCUT2D eigenvalue weighted by Crippen LogP contribution is -2.44. The number of fused-ring (bicyclic) bond motifs is 2. The van der Waals surface area contributed by atoms with E-state index in [1.165, 1.54) is 18.1 Å². The van der Waals surface area contributed by atoms with Crippen LogP contribution in [0.4, 0.5) is 0 Å². The number of benzene rings is 2. The fourth-order valence-electron chi connectivity index (χ4n) is 3.91. The molecule has 0 aromatic heterocycles. The van der Waals surface area contributed by atoms with Crippen LogP contribution in [0.15, 0.2) is 42.5 Å². The molecule has 0 fully saturated rings. The Kier molecular flexibility index (Phi) is 5.01. The highest BCUT2D eigenvalue weighted by molar-refractivity contribution is 6.22. The molecule has 0 bridgehead atoms. The summed E-state index contributed by atoms with van der Waals surface area (Å²) in [5, 5.41) is 0. The van der Waals surface area contributed by atoms with E-state index >= 15 is 0 Å². The van der Waals surface area contributed by atoms with Crippen molar-refractivity contribution in [2.75, 3.05) is 6.61 Å². The third-order valence-electron chi connectivity index (χ3n) is 5.57. The molecule has 0 saturated heterocycles. The lowest BCUT2D eigenvalue weighted by Gasteiger charge is -2.21. The lowest BCUT2D eigenvalue weighted by atomic mass is 9.90. The van der Waals surface area contributed by atoms with Crippen LogP contribution in [0, 0.1) is 0 Å². The smallest absolute Gasteiger partial charge is 0.329 e. The summed E-state index contributed by atoms with van der Waals surface area (Å²) in [4.78, 5) is 50.7. The van der Waals surface area contributed by atoms with Crippen molar-refractivity contribution in [2.45, 2.75) is 38.6 Å². The summed E-state index contributed by atoms with van der Waals surface area (Å²) in [6, 6.07) is 10.9. The Balaban J connectivity index is 1.40. The number of nitrogens with zero attached hydrogens (tertiary/aromatic N) is 1. The first-order chi connectivity index (χ1) is 14.0. The van der Waals surface area contributed by atoms with Crippen molar-refractivity contribution >= 4 is 23.6 Å². The third kappa shape index (κ3) is 3.46. The number of Topliss-reactive ketones (excluding diaryl/α,β-unsaturated/α-hetero) is 1. The van der Waals surface area contributed by atoms with E-state index in [1.54, 1.807) is 30.3 Å². The van der Waals surface area contributed by atoms with Crippen LogP contribution in [0.3, 0.4) is 0 Å². The fraction of sp³-hybridized carbons (Fsp3) is 0.304. The molecule has 1 heterocycles. The van der Waals surface area contributed by atoms with E-state index < -0.39 is 30.4 Å². The number of ketones is 1. The van der Waals surface area contributed by atoms with Gasteiger partial charge in [-0.3, -0.25) is 19.3 Å². The van der Waals surface area contributed by atoms with Crippen molar-refractivity contribution in [1.82, 2.24) is 4.90 Å². The Labute approximate surface area is 168 Å². The quantitative estimate of drug-likeness (QED) is 0.445. The van der Waals surface area contributed by atoms with Crippen molar-refractivity contribution in [3.63, 3.8) is 0 Å². The molecule has 0 N–H and O–H groups in total. The average Bonchev–Trinajstić information content (AvgIpc) is 3.01. The van der Waals surface area contributed by atoms with Gasteiger partial charge in [-0.1, -0.05) is 24.3 Å². The number of amides is 2. The molecule has 6 nitrogen and oxygen atoms in total. The van der Waals surface area contributed by atoms with Gasteiger partial charge < -0.3 is 4.74 Å². The second-order valence-corrected chi connectivity index (χ2v) is 7.42. The molecule has 2 aromatic carbocycles. The van der Waals surface area contributed by atoms with Crippen LogP contribution in [0.2, 0.25) is 0 Å². The van der Waals surface area contributed by atoms with E-state index in [9.17, 15) is 19.2 Å². The second kappa shape index (κ2) is 7.62. The van der Waals surface area contributed by atoms with Crippen LogP contribution < -0.4 is 0 Å². The van der Waals surface area contributed by atoms with E-state index in [0.717, 1.165) is 30.6 Å². The predicted molar refractivity (Wildman–Crippen MR) is 105 cm³/mol. The molecule has 0 radical (unpaired) electrons. The number of ether oxygens (including phenoxy) is 1. The Morgan fingerprint density at radius 1 is 0.966 bits per heavy atom. The standard InChI is InChI=1S/C23H21NO5/c1-14(24-21(26)18-8-4-5-9-19(18)22(24)27)23(28)29-13-20(25)17-11-10-15-6-2-3-7-16(15)12-17/h4-5,8-12,14H,2-3,6-7,13H2,1H3/t14-/m1/s1. The molecule has 2 amide bonds. The molecular formula is C23H21NO5. The minimum atomic E-state index is -1.11. The van der Waals surface area contributed by atoms with Gasteiger partial charge in [-0.25, -0.2) is 4.79 Å². The highest BCUT2D eigenvalue weighted by Gasteiger charge is 2.41. The van der Waals surface area contributed by atoms with Crippen molar-refractivity contribution in [3.8, 4) is 0 Å². The summed E-state index contributed by atoms with van der Waals surface area (Å²) in [5.41, 5.74) is 3.48. The number of hydrogen-bond donors (Lipinski definition) is 0. The van der Waals surface area contributed by atoms with Crippen molar-refractivity contribution in [3.05, 3.63) is 70.3 Å². The average molecular weight is 391 g/mol. The number of hydrogen-bond acceptors (Lipinski definition) is 5. The monoisotopic (exact) mass is 391 g/mol. The first kappa shape index (κ1) is 19.1. The Bertz CT molecular complexity index is 991. The molecule has 1 atom stereocenters. The summed E-state index contributed by atoms with van der Waals surface area (Å²) < 4.78 is 5.14. The van der Waals surface area contributed by atoms with E-state index in [-0.39, 0.29) is 16.9 Å². The summed E-state index contributed by atoms with van der Waals surface area (Å²) in [6.07, 6.45) is 4.24. The molecule has 148 valence electrons.